The third-order valence-corrected chi connectivity index (χ3v) is 6.14. The fourth-order valence-corrected chi connectivity index (χ4v) is 4.49. The maximum Gasteiger partial charge on any atom is 0.409 e. The number of para-hydroxylation sites is 1. The first-order valence-corrected chi connectivity index (χ1v) is 11.2. The number of carbonyl (C=O) groups is 3. The van der Waals surface area contributed by atoms with Gasteiger partial charge in [0.05, 0.1) is 18.5 Å². The lowest BCUT2D eigenvalue weighted by molar-refractivity contribution is -0.136. The number of likely N-dealkylation sites (tertiary alicyclic amines) is 1. The number of anilines is 1. The van der Waals surface area contributed by atoms with Crippen molar-refractivity contribution in [3.63, 3.8) is 0 Å². The fourth-order valence-electron chi connectivity index (χ4n) is 4.49. The number of nitrogens with zero attached hydrogens (tertiary/aromatic N) is 3. The summed E-state index contributed by atoms with van der Waals surface area (Å²) in [6, 6.07) is 11.1. The van der Waals surface area contributed by atoms with Crippen LogP contribution in [0.15, 0.2) is 36.4 Å². The van der Waals surface area contributed by atoms with Gasteiger partial charge in [-0.05, 0) is 37.8 Å². The van der Waals surface area contributed by atoms with Crippen molar-refractivity contribution < 1.29 is 19.1 Å². The van der Waals surface area contributed by atoms with Gasteiger partial charge in [-0.2, -0.15) is 5.10 Å². The van der Waals surface area contributed by atoms with Gasteiger partial charge in [0, 0.05) is 31.1 Å². The maximum atomic E-state index is 12.7. The topological polar surface area (TPSA) is 106 Å². The summed E-state index contributed by atoms with van der Waals surface area (Å²) in [6.45, 7) is 0.894. The molecular weight excluding hydrogens is 410 g/mol. The molecule has 170 valence electrons. The Hall–Kier alpha value is -3.36. The predicted molar refractivity (Wildman–Crippen MR) is 119 cm³/mol. The Morgan fingerprint density at radius 1 is 1.03 bits per heavy atom. The SMILES string of the molecule is COC(=O)N1CCCC(NC(=O)C(=O)Nc2cc(C3CCCC3)nn2-c2ccccc2)C1. The van der Waals surface area contributed by atoms with E-state index in [1.165, 1.54) is 24.9 Å². The van der Waals surface area contributed by atoms with Gasteiger partial charge in [-0.3, -0.25) is 9.59 Å². The molecule has 9 nitrogen and oxygen atoms in total. The molecule has 2 N–H and O–H groups in total. The lowest BCUT2D eigenvalue weighted by Crippen LogP contribution is -2.51. The zero-order chi connectivity index (χ0) is 22.5. The van der Waals surface area contributed by atoms with Crippen LogP contribution in [-0.4, -0.2) is 58.8 Å². The summed E-state index contributed by atoms with van der Waals surface area (Å²) >= 11 is 0. The van der Waals surface area contributed by atoms with Crippen molar-refractivity contribution in [3.05, 3.63) is 42.1 Å². The van der Waals surface area contributed by atoms with Crippen molar-refractivity contribution in [1.29, 1.82) is 0 Å². The van der Waals surface area contributed by atoms with Gasteiger partial charge in [0.25, 0.3) is 0 Å². The molecule has 2 aromatic rings. The van der Waals surface area contributed by atoms with Gasteiger partial charge in [-0.25, -0.2) is 9.48 Å². The highest BCUT2D eigenvalue weighted by Crippen LogP contribution is 2.35. The molecule has 1 saturated heterocycles. The molecule has 1 saturated carbocycles. The van der Waals surface area contributed by atoms with Crippen molar-refractivity contribution in [2.24, 2.45) is 0 Å². The number of hydrogen-bond donors (Lipinski definition) is 2. The van der Waals surface area contributed by atoms with Crippen LogP contribution in [0.3, 0.4) is 0 Å². The first-order chi connectivity index (χ1) is 15.5. The Bertz CT molecular complexity index is 968. The Balaban J connectivity index is 1.46. The van der Waals surface area contributed by atoms with E-state index in [0.29, 0.717) is 31.2 Å². The summed E-state index contributed by atoms with van der Waals surface area (Å²) in [6.07, 6.45) is 5.51. The highest BCUT2D eigenvalue weighted by atomic mass is 16.5. The zero-order valence-electron chi connectivity index (χ0n) is 18.3. The van der Waals surface area contributed by atoms with Crippen LogP contribution in [0.4, 0.5) is 10.6 Å². The number of amides is 3. The largest absolute Gasteiger partial charge is 0.453 e. The van der Waals surface area contributed by atoms with Crippen LogP contribution in [0.25, 0.3) is 5.69 Å². The van der Waals surface area contributed by atoms with E-state index in [0.717, 1.165) is 30.6 Å². The van der Waals surface area contributed by atoms with E-state index < -0.39 is 17.9 Å². The molecule has 9 heteroatoms. The van der Waals surface area contributed by atoms with Gasteiger partial charge in [0.1, 0.15) is 5.82 Å². The third-order valence-electron chi connectivity index (χ3n) is 6.14. The first kappa shape index (κ1) is 21.9. The van der Waals surface area contributed by atoms with E-state index in [9.17, 15) is 14.4 Å². The van der Waals surface area contributed by atoms with Crippen LogP contribution >= 0.6 is 0 Å². The molecule has 1 unspecified atom stereocenters. The summed E-state index contributed by atoms with van der Waals surface area (Å²) in [7, 11) is 1.33. The van der Waals surface area contributed by atoms with Crippen molar-refractivity contribution >= 4 is 23.7 Å². The second kappa shape index (κ2) is 9.84. The summed E-state index contributed by atoms with van der Waals surface area (Å²) in [5.74, 6) is -0.644. The fraction of sp³-hybridized carbons (Fsp3) is 0.478. The van der Waals surface area contributed by atoms with Crippen LogP contribution in [-0.2, 0) is 14.3 Å². The molecule has 1 aromatic carbocycles. The van der Waals surface area contributed by atoms with Crippen molar-refractivity contribution in [3.8, 4) is 5.69 Å². The smallest absolute Gasteiger partial charge is 0.409 e. The van der Waals surface area contributed by atoms with E-state index in [1.807, 2.05) is 36.4 Å². The van der Waals surface area contributed by atoms with E-state index in [1.54, 1.807) is 4.68 Å². The quantitative estimate of drug-likeness (QED) is 0.713. The molecule has 2 aliphatic rings. The lowest BCUT2D eigenvalue weighted by atomic mass is 10.0. The number of hydrogen-bond acceptors (Lipinski definition) is 5. The maximum absolute atomic E-state index is 12.7. The molecule has 0 bridgehead atoms. The Kier molecular flexibility index (Phi) is 6.72. The molecular formula is C23H29N5O4. The van der Waals surface area contributed by atoms with Gasteiger partial charge in [-0.15, -0.1) is 0 Å². The number of benzene rings is 1. The number of methoxy groups -OCH3 is 1. The minimum absolute atomic E-state index is 0.297. The second-order valence-corrected chi connectivity index (χ2v) is 8.37. The number of piperidine rings is 1. The summed E-state index contributed by atoms with van der Waals surface area (Å²) in [4.78, 5) is 38.6. The minimum atomic E-state index is -0.754. The Labute approximate surface area is 187 Å². The van der Waals surface area contributed by atoms with E-state index in [-0.39, 0.29) is 6.04 Å². The van der Waals surface area contributed by atoms with Crippen molar-refractivity contribution in [2.45, 2.75) is 50.5 Å². The molecule has 2 fully saturated rings. The monoisotopic (exact) mass is 439 g/mol. The number of carbonyl (C=O) groups excluding carboxylic acids is 3. The van der Waals surface area contributed by atoms with Crippen LogP contribution in [0.1, 0.15) is 50.1 Å². The van der Waals surface area contributed by atoms with Gasteiger partial charge in [0.15, 0.2) is 0 Å². The summed E-state index contributed by atoms with van der Waals surface area (Å²) in [5, 5.41) is 10.2. The van der Waals surface area contributed by atoms with Crippen LogP contribution < -0.4 is 10.6 Å². The molecule has 1 atom stereocenters. The molecule has 1 aliphatic heterocycles. The van der Waals surface area contributed by atoms with E-state index >= 15 is 0 Å². The van der Waals surface area contributed by atoms with E-state index in [2.05, 4.69) is 10.6 Å². The van der Waals surface area contributed by atoms with E-state index in [4.69, 9.17) is 9.84 Å². The third kappa shape index (κ3) is 4.92. The first-order valence-electron chi connectivity index (χ1n) is 11.2. The van der Waals surface area contributed by atoms with Crippen molar-refractivity contribution in [2.75, 3.05) is 25.5 Å². The second-order valence-electron chi connectivity index (χ2n) is 8.37. The number of rotatable bonds is 4. The number of ether oxygens (including phenoxy) is 1. The van der Waals surface area contributed by atoms with Crippen molar-refractivity contribution in [1.82, 2.24) is 20.0 Å². The molecule has 0 radical (unpaired) electrons. The molecule has 0 spiro atoms. The zero-order valence-corrected chi connectivity index (χ0v) is 18.3. The van der Waals surface area contributed by atoms with Gasteiger partial charge < -0.3 is 20.3 Å². The average molecular weight is 440 g/mol. The van der Waals surface area contributed by atoms with Gasteiger partial charge in [-0.1, -0.05) is 31.0 Å². The van der Waals surface area contributed by atoms with Gasteiger partial charge >= 0.3 is 17.9 Å². The molecule has 4 rings (SSSR count). The lowest BCUT2D eigenvalue weighted by Gasteiger charge is -2.31. The number of nitrogens with one attached hydrogen (secondary N) is 2. The predicted octanol–water partition coefficient (Wildman–Crippen LogP) is 2.82. The molecule has 3 amide bonds. The van der Waals surface area contributed by atoms with Crippen LogP contribution in [0.5, 0.6) is 0 Å². The molecule has 32 heavy (non-hydrogen) atoms. The van der Waals surface area contributed by atoms with Crippen LogP contribution in [0.2, 0.25) is 0 Å². The normalized spacial score (nSPS) is 18.9. The number of aromatic nitrogens is 2. The molecule has 2 heterocycles. The highest BCUT2D eigenvalue weighted by Gasteiger charge is 2.28. The Morgan fingerprint density at radius 2 is 1.78 bits per heavy atom. The summed E-state index contributed by atoms with van der Waals surface area (Å²) in [5.41, 5.74) is 1.75. The molecule has 1 aromatic heterocycles. The standard InChI is InChI=1S/C23H29N5O4/c1-32-23(31)27-13-7-10-17(15-27)24-21(29)22(30)25-20-14-19(16-8-5-6-9-16)26-28(20)18-11-3-2-4-12-18/h2-4,11-12,14,16-17H,5-10,13,15H2,1H3,(H,24,29)(H,25,30). The van der Waals surface area contributed by atoms with Gasteiger partial charge in [0.2, 0.25) is 0 Å². The van der Waals surface area contributed by atoms with Crippen LogP contribution in [0, 0.1) is 0 Å². The summed E-state index contributed by atoms with van der Waals surface area (Å²) < 4.78 is 6.43. The molecule has 1 aliphatic carbocycles. The Morgan fingerprint density at radius 3 is 2.50 bits per heavy atom. The highest BCUT2D eigenvalue weighted by molar-refractivity contribution is 6.39. The average Bonchev–Trinajstić information content (AvgIpc) is 3.49. The minimum Gasteiger partial charge on any atom is -0.453 e.